The Morgan fingerprint density at radius 2 is 1.67 bits per heavy atom. The lowest BCUT2D eigenvalue weighted by molar-refractivity contribution is -0.384. The minimum atomic E-state index is -4.50. The van der Waals surface area contributed by atoms with Gasteiger partial charge in [-0.25, -0.2) is 0 Å². The standard InChI is InChI=1S/C23H24F3N3O4/c24-23(25,26)18-5-3-4-17(16-18)22(8-14-33-15-9-22)21(30)28-12-10-27(11-13-28)19-6-1-2-7-20(19)29(31)32/h1-7,16H,8-15H2. The fourth-order valence-electron chi connectivity index (χ4n) is 4.68. The zero-order valence-electron chi connectivity index (χ0n) is 17.9. The summed E-state index contributed by atoms with van der Waals surface area (Å²) in [5.74, 6) is -0.215. The van der Waals surface area contributed by atoms with E-state index in [1.54, 1.807) is 29.2 Å². The summed E-state index contributed by atoms with van der Waals surface area (Å²) >= 11 is 0. The van der Waals surface area contributed by atoms with Gasteiger partial charge in [-0.2, -0.15) is 13.2 Å². The normalized spacial score (nSPS) is 18.8. The van der Waals surface area contributed by atoms with Gasteiger partial charge in [-0.05, 0) is 30.5 Å². The van der Waals surface area contributed by atoms with Crippen molar-refractivity contribution in [3.8, 4) is 0 Å². The van der Waals surface area contributed by atoms with Crippen LogP contribution in [0, 0.1) is 10.1 Å². The van der Waals surface area contributed by atoms with Gasteiger partial charge in [-0.1, -0.05) is 30.3 Å². The maximum Gasteiger partial charge on any atom is 0.416 e. The number of nitro groups is 1. The Morgan fingerprint density at radius 1 is 1.00 bits per heavy atom. The van der Waals surface area contributed by atoms with E-state index in [0.717, 1.165) is 12.1 Å². The van der Waals surface area contributed by atoms with Crippen molar-refractivity contribution in [1.29, 1.82) is 0 Å². The number of hydrogen-bond acceptors (Lipinski definition) is 5. The monoisotopic (exact) mass is 463 g/mol. The van der Waals surface area contributed by atoms with Crippen molar-refractivity contribution in [3.63, 3.8) is 0 Å². The van der Waals surface area contributed by atoms with Crippen LogP contribution in [-0.2, 0) is 21.1 Å². The molecule has 2 aliphatic heterocycles. The van der Waals surface area contributed by atoms with E-state index in [1.807, 2.05) is 4.90 Å². The lowest BCUT2D eigenvalue weighted by Gasteiger charge is -2.43. The number of hydrogen-bond donors (Lipinski definition) is 0. The molecule has 0 bridgehead atoms. The molecule has 0 spiro atoms. The number of nitrogens with zero attached hydrogens (tertiary/aromatic N) is 3. The number of alkyl halides is 3. The fraction of sp³-hybridized carbons (Fsp3) is 0.435. The first-order chi connectivity index (χ1) is 15.7. The highest BCUT2D eigenvalue weighted by Gasteiger charge is 2.45. The van der Waals surface area contributed by atoms with Crippen molar-refractivity contribution < 1.29 is 27.6 Å². The van der Waals surface area contributed by atoms with Crippen molar-refractivity contribution in [2.45, 2.75) is 24.4 Å². The summed E-state index contributed by atoms with van der Waals surface area (Å²) in [6.45, 7) is 2.02. The molecule has 2 aromatic rings. The zero-order chi connectivity index (χ0) is 23.6. The molecule has 7 nitrogen and oxygen atoms in total. The molecule has 0 saturated carbocycles. The molecule has 0 N–H and O–H groups in total. The van der Waals surface area contributed by atoms with E-state index in [1.165, 1.54) is 12.1 Å². The quantitative estimate of drug-likeness (QED) is 0.506. The van der Waals surface area contributed by atoms with E-state index < -0.39 is 22.1 Å². The maximum absolute atomic E-state index is 13.7. The van der Waals surface area contributed by atoms with Crippen LogP contribution >= 0.6 is 0 Å². The van der Waals surface area contributed by atoms with Gasteiger partial charge in [-0.3, -0.25) is 14.9 Å². The molecule has 0 radical (unpaired) electrons. The zero-order valence-corrected chi connectivity index (χ0v) is 17.9. The summed E-state index contributed by atoms with van der Waals surface area (Å²) in [7, 11) is 0. The molecule has 10 heteroatoms. The van der Waals surface area contributed by atoms with Crippen LogP contribution in [0.3, 0.4) is 0 Å². The number of halogens is 3. The second-order valence-corrected chi connectivity index (χ2v) is 8.30. The highest BCUT2D eigenvalue weighted by atomic mass is 19.4. The van der Waals surface area contributed by atoms with Gasteiger partial charge in [-0.15, -0.1) is 0 Å². The molecule has 0 atom stereocenters. The summed E-state index contributed by atoms with van der Waals surface area (Å²) in [5, 5.41) is 11.4. The minimum Gasteiger partial charge on any atom is -0.381 e. The third kappa shape index (κ3) is 4.52. The van der Waals surface area contributed by atoms with E-state index in [9.17, 15) is 28.1 Å². The number of piperazine rings is 1. The maximum atomic E-state index is 13.7. The smallest absolute Gasteiger partial charge is 0.381 e. The third-order valence-electron chi connectivity index (χ3n) is 6.48. The largest absolute Gasteiger partial charge is 0.416 e. The highest BCUT2D eigenvalue weighted by molar-refractivity contribution is 5.89. The molecule has 33 heavy (non-hydrogen) atoms. The first kappa shape index (κ1) is 23.0. The molecule has 1 amide bonds. The molecule has 2 heterocycles. The van der Waals surface area contributed by atoms with Gasteiger partial charge in [0.15, 0.2) is 0 Å². The predicted octanol–water partition coefficient (Wildman–Crippen LogP) is 4.01. The molecule has 0 unspecified atom stereocenters. The Bertz CT molecular complexity index is 1030. The fourth-order valence-corrected chi connectivity index (χ4v) is 4.68. The Kier molecular flexibility index (Phi) is 6.29. The highest BCUT2D eigenvalue weighted by Crippen LogP contribution is 2.40. The first-order valence-electron chi connectivity index (χ1n) is 10.8. The molecule has 2 aliphatic rings. The number of anilines is 1. The number of amides is 1. The summed E-state index contributed by atoms with van der Waals surface area (Å²) in [5.41, 5.74) is -1.01. The lowest BCUT2D eigenvalue weighted by atomic mass is 9.72. The van der Waals surface area contributed by atoms with Crippen LogP contribution in [-0.4, -0.2) is 55.1 Å². The van der Waals surface area contributed by atoms with Crippen molar-refractivity contribution >= 4 is 17.3 Å². The molecule has 2 aromatic carbocycles. The minimum absolute atomic E-state index is 0.00198. The summed E-state index contributed by atoms with van der Waals surface area (Å²) in [6, 6.07) is 11.5. The Hall–Kier alpha value is -3.14. The van der Waals surface area contributed by atoms with Crippen molar-refractivity contribution in [2.75, 3.05) is 44.3 Å². The van der Waals surface area contributed by atoms with Crippen molar-refractivity contribution in [3.05, 3.63) is 69.8 Å². The van der Waals surface area contributed by atoms with Crippen LogP contribution < -0.4 is 4.90 Å². The van der Waals surface area contributed by atoms with Crippen LogP contribution in [0.2, 0.25) is 0 Å². The number of nitro benzene ring substituents is 1. The number of carbonyl (C=O) groups excluding carboxylic acids is 1. The summed E-state index contributed by atoms with van der Waals surface area (Å²) in [6.07, 6.45) is -3.89. The molecule has 176 valence electrons. The van der Waals surface area contributed by atoms with Gasteiger partial charge in [0.2, 0.25) is 5.91 Å². The van der Waals surface area contributed by atoms with Gasteiger partial charge in [0, 0.05) is 45.5 Å². The number of rotatable bonds is 4. The second-order valence-electron chi connectivity index (χ2n) is 8.30. The summed E-state index contributed by atoms with van der Waals surface area (Å²) in [4.78, 5) is 28.2. The average molecular weight is 463 g/mol. The van der Waals surface area contributed by atoms with E-state index in [0.29, 0.717) is 50.3 Å². The Labute approximate surface area is 188 Å². The van der Waals surface area contributed by atoms with Crippen LogP contribution in [0.5, 0.6) is 0 Å². The first-order valence-corrected chi connectivity index (χ1v) is 10.8. The van der Waals surface area contributed by atoms with Crippen molar-refractivity contribution in [1.82, 2.24) is 4.90 Å². The van der Waals surface area contributed by atoms with E-state index in [-0.39, 0.29) is 24.8 Å². The second kappa shape index (κ2) is 9.01. The van der Waals surface area contributed by atoms with Crippen LogP contribution in [0.4, 0.5) is 24.5 Å². The van der Waals surface area contributed by atoms with Gasteiger partial charge < -0.3 is 14.5 Å². The Balaban J connectivity index is 1.57. The molecule has 0 aromatic heterocycles. The predicted molar refractivity (Wildman–Crippen MR) is 115 cm³/mol. The average Bonchev–Trinajstić information content (AvgIpc) is 2.83. The van der Waals surface area contributed by atoms with E-state index in [4.69, 9.17) is 4.74 Å². The van der Waals surface area contributed by atoms with Gasteiger partial charge >= 0.3 is 6.18 Å². The third-order valence-corrected chi connectivity index (χ3v) is 6.48. The molecule has 4 rings (SSSR count). The molecule has 2 saturated heterocycles. The molecular weight excluding hydrogens is 439 g/mol. The SMILES string of the molecule is O=C(N1CCN(c2ccccc2[N+](=O)[O-])CC1)C1(c2cccc(C(F)(F)F)c2)CCOCC1. The Morgan fingerprint density at radius 3 is 2.30 bits per heavy atom. The van der Waals surface area contributed by atoms with Crippen LogP contribution in [0.1, 0.15) is 24.0 Å². The van der Waals surface area contributed by atoms with Crippen molar-refractivity contribution in [2.24, 2.45) is 0 Å². The molecular formula is C23H24F3N3O4. The van der Waals surface area contributed by atoms with Crippen LogP contribution in [0.25, 0.3) is 0 Å². The van der Waals surface area contributed by atoms with E-state index in [2.05, 4.69) is 0 Å². The van der Waals surface area contributed by atoms with Crippen LogP contribution in [0.15, 0.2) is 48.5 Å². The van der Waals surface area contributed by atoms with E-state index >= 15 is 0 Å². The number of benzene rings is 2. The van der Waals surface area contributed by atoms with Gasteiger partial charge in [0.05, 0.1) is 15.9 Å². The lowest BCUT2D eigenvalue weighted by Crippen LogP contribution is -2.56. The topological polar surface area (TPSA) is 75.9 Å². The van der Waals surface area contributed by atoms with Gasteiger partial charge in [0.25, 0.3) is 5.69 Å². The molecule has 2 fully saturated rings. The number of ether oxygens (including phenoxy) is 1. The van der Waals surface area contributed by atoms with Gasteiger partial charge in [0.1, 0.15) is 5.69 Å². The number of para-hydroxylation sites is 2. The summed E-state index contributed by atoms with van der Waals surface area (Å²) < 4.78 is 45.4. The number of carbonyl (C=O) groups is 1. The molecule has 0 aliphatic carbocycles.